The molecule has 0 amide bonds. The molecular formula is C18H21FN4Si. The van der Waals surface area contributed by atoms with Gasteiger partial charge in [-0.1, -0.05) is 25.6 Å². The Balaban J connectivity index is 2.67. The molecule has 0 fully saturated rings. The van der Waals surface area contributed by atoms with Crippen molar-refractivity contribution in [3.8, 4) is 23.2 Å². The van der Waals surface area contributed by atoms with Crippen LogP contribution in [-0.4, -0.2) is 31.9 Å². The molecule has 0 aliphatic carbocycles. The van der Waals surface area contributed by atoms with Crippen molar-refractivity contribution in [1.82, 2.24) is 9.78 Å². The molecule has 0 N–H and O–H groups in total. The topological polar surface area (TPSA) is 44.9 Å². The Bertz CT molecular complexity index is 873. The van der Waals surface area contributed by atoms with E-state index in [0.717, 1.165) is 17.1 Å². The normalized spacial score (nSPS) is 10.8. The Morgan fingerprint density at radius 3 is 2.42 bits per heavy atom. The first kappa shape index (κ1) is 17.8. The molecule has 0 unspecified atom stereocenters. The van der Waals surface area contributed by atoms with Crippen molar-refractivity contribution in [2.75, 3.05) is 19.0 Å². The summed E-state index contributed by atoms with van der Waals surface area (Å²) in [6.07, 6.45) is 0. The van der Waals surface area contributed by atoms with Crippen molar-refractivity contribution < 1.29 is 4.39 Å². The van der Waals surface area contributed by atoms with Crippen LogP contribution in [-0.2, 0) is 0 Å². The van der Waals surface area contributed by atoms with E-state index in [-0.39, 0.29) is 5.56 Å². The van der Waals surface area contributed by atoms with Crippen LogP contribution >= 0.6 is 0 Å². The number of nitriles is 1. The van der Waals surface area contributed by atoms with Crippen LogP contribution in [0.1, 0.15) is 16.8 Å². The lowest BCUT2D eigenvalue weighted by Gasteiger charge is -2.09. The molecule has 4 nitrogen and oxygen atoms in total. The second-order valence-corrected chi connectivity index (χ2v) is 11.7. The summed E-state index contributed by atoms with van der Waals surface area (Å²) in [5.74, 6) is 3.54. The van der Waals surface area contributed by atoms with Crippen molar-refractivity contribution in [2.24, 2.45) is 0 Å². The number of nitrogens with zero attached hydrogens (tertiary/aromatic N) is 4. The van der Waals surface area contributed by atoms with Gasteiger partial charge in [-0.15, -0.1) is 10.6 Å². The van der Waals surface area contributed by atoms with Gasteiger partial charge in [-0.2, -0.15) is 5.26 Å². The largest absolute Gasteiger partial charge is 0.360 e. The number of hydrogen-bond acceptors (Lipinski definition) is 3. The van der Waals surface area contributed by atoms with E-state index < -0.39 is 13.9 Å². The fourth-order valence-electron chi connectivity index (χ4n) is 2.21. The smallest absolute Gasteiger partial charge is 0.166 e. The molecular weight excluding hydrogens is 319 g/mol. The van der Waals surface area contributed by atoms with E-state index in [1.165, 1.54) is 12.1 Å². The van der Waals surface area contributed by atoms with Gasteiger partial charge in [-0.05, 0) is 25.1 Å². The molecule has 0 saturated carbocycles. The Hall–Kier alpha value is -2.57. The van der Waals surface area contributed by atoms with Crippen LogP contribution in [0.2, 0.25) is 19.6 Å². The molecule has 0 bridgehead atoms. The third-order valence-electron chi connectivity index (χ3n) is 3.34. The van der Waals surface area contributed by atoms with Gasteiger partial charge < -0.3 is 4.90 Å². The van der Waals surface area contributed by atoms with E-state index in [2.05, 4.69) is 36.2 Å². The summed E-state index contributed by atoms with van der Waals surface area (Å²) in [4.78, 5) is 1.89. The van der Waals surface area contributed by atoms with Gasteiger partial charge in [0, 0.05) is 14.1 Å². The van der Waals surface area contributed by atoms with Crippen LogP contribution in [0.4, 0.5) is 10.2 Å². The lowest BCUT2D eigenvalue weighted by molar-refractivity contribution is 0.624. The van der Waals surface area contributed by atoms with E-state index >= 15 is 0 Å². The number of halogens is 1. The SMILES string of the molecule is Cc1c(C#C[Si](C)(C)C)c(N(C)C)nn1-c1cc(F)cc(C#N)c1. The lowest BCUT2D eigenvalue weighted by atomic mass is 10.2. The molecule has 6 heteroatoms. The first-order chi connectivity index (χ1) is 11.1. The summed E-state index contributed by atoms with van der Waals surface area (Å²) in [6.45, 7) is 8.45. The molecule has 24 heavy (non-hydrogen) atoms. The van der Waals surface area contributed by atoms with E-state index in [4.69, 9.17) is 5.26 Å². The van der Waals surface area contributed by atoms with Crippen LogP contribution in [0, 0.1) is 35.5 Å². The van der Waals surface area contributed by atoms with E-state index in [9.17, 15) is 4.39 Å². The van der Waals surface area contributed by atoms with Crippen LogP contribution in [0.15, 0.2) is 18.2 Å². The average molecular weight is 340 g/mol. The summed E-state index contributed by atoms with van der Waals surface area (Å²) in [5.41, 5.74) is 5.81. The Morgan fingerprint density at radius 1 is 1.21 bits per heavy atom. The Kier molecular flexibility index (Phi) is 4.82. The van der Waals surface area contributed by atoms with Crippen molar-refractivity contribution in [1.29, 1.82) is 5.26 Å². The molecule has 0 aliphatic heterocycles. The highest BCUT2D eigenvalue weighted by molar-refractivity contribution is 6.83. The number of aromatic nitrogens is 2. The highest BCUT2D eigenvalue weighted by atomic mass is 28.3. The van der Waals surface area contributed by atoms with Crippen LogP contribution in [0.5, 0.6) is 0 Å². The van der Waals surface area contributed by atoms with Gasteiger partial charge in [0.15, 0.2) is 5.82 Å². The minimum absolute atomic E-state index is 0.265. The second-order valence-electron chi connectivity index (χ2n) is 6.90. The van der Waals surface area contributed by atoms with Gasteiger partial charge in [-0.25, -0.2) is 9.07 Å². The standard InChI is InChI=1S/C18H21FN4Si/c1-13-17(7-8-24(4,5)6)18(22(2)3)21-23(13)16-10-14(12-20)9-15(19)11-16/h9-11H,1-6H3. The van der Waals surface area contributed by atoms with Gasteiger partial charge in [-0.3, -0.25) is 0 Å². The van der Waals surface area contributed by atoms with Crippen molar-refractivity contribution in [3.05, 3.63) is 40.8 Å². The first-order valence-corrected chi connectivity index (χ1v) is 11.1. The van der Waals surface area contributed by atoms with E-state index in [1.54, 1.807) is 10.7 Å². The van der Waals surface area contributed by atoms with Gasteiger partial charge >= 0.3 is 0 Å². The maximum absolute atomic E-state index is 13.8. The minimum atomic E-state index is -1.53. The van der Waals surface area contributed by atoms with Crippen molar-refractivity contribution >= 4 is 13.9 Å². The molecule has 0 spiro atoms. The maximum Gasteiger partial charge on any atom is 0.166 e. The molecule has 124 valence electrons. The summed E-state index contributed by atoms with van der Waals surface area (Å²) in [6, 6.07) is 6.18. The zero-order valence-corrected chi connectivity index (χ0v) is 15.9. The quantitative estimate of drug-likeness (QED) is 0.621. The van der Waals surface area contributed by atoms with Gasteiger partial charge in [0.1, 0.15) is 13.9 Å². The van der Waals surface area contributed by atoms with Gasteiger partial charge in [0.25, 0.3) is 0 Å². The Morgan fingerprint density at radius 2 is 1.88 bits per heavy atom. The summed E-state index contributed by atoms with van der Waals surface area (Å²) in [5, 5.41) is 13.6. The molecule has 0 aliphatic rings. The predicted octanol–water partition coefficient (Wildman–Crippen LogP) is 3.49. The van der Waals surface area contributed by atoms with Gasteiger partial charge in [0.05, 0.1) is 28.6 Å². The van der Waals surface area contributed by atoms with Crippen molar-refractivity contribution in [3.63, 3.8) is 0 Å². The molecule has 1 aromatic carbocycles. The fraction of sp³-hybridized carbons (Fsp3) is 0.333. The summed E-state index contributed by atoms with van der Waals surface area (Å²) < 4.78 is 15.4. The van der Waals surface area contributed by atoms with Crippen molar-refractivity contribution in [2.45, 2.75) is 26.6 Å². The predicted molar refractivity (Wildman–Crippen MR) is 97.5 cm³/mol. The molecule has 2 rings (SSSR count). The van der Waals surface area contributed by atoms with Crippen LogP contribution < -0.4 is 4.90 Å². The van der Waals surface area contributed by atoms with E-state index in [1.807, 2.05) is 32.0 Å². The number of anilines is 1. The maximum atomic E-state index is 13.8. The lowest BCUT2D eigenvalue weighted by Crippen LogP contribution is -2.16. The first-order valence-electron chi connectivity index (χ1n) is 7.63. The average Bonchev–Trinajstić information content (AvgIpc) is 2.81. The fourth-order valence-corrected chi connectivity index (χ4v) is 2.71. The molecule has 0 atom stereocenters. The molecule has 0 saturated heterocycles. The molecule has 1 heterocycles. The van der Waals surface area contributed by atoms with Crippen LogP contribution in [0.3, 0.4) is 0 Å². The highest BCUT2D eigenvalue weighted by Crippen LogP contribution is 2.24. The molecule has 0 radical (unpaired) electrons. The summed E-state index contributed by atoms with van der Waals surface area (Å²) in [7, 11) is 2.27. The van der Waals surface area contributed by atoms with Crippen LogP contribution in [0.25, 0.3) is 5.69 Å². The van der Waals surface area contributed by atoms with E-state index in [0.29, 0.717) is 5.69 Å². The zero-order chi connectivity index (χ0) is 18.1. The molecule has 2 aromatic rings. The number of hydrogen-bond donors (Lipinski definition) is 0. The highest BCUT2D eigenvalue weighted by Gasteiger charge is 2.17. The third kappa shape index (κ3) is 3.84. The molecule has 1 aromatic heterocycles. The minimum Gasteiger partial charge on any atom is -0.360 e. The zero-order valence-electron chi connectivity index (χ0n) is 14.9. The Labute approximate surface area is 143 Å². The monoisotopic (exact) mass is 340 g/mol. The second kappa shape index (κ2) is 6.50. The van der Waals surface area contributed by atoms with Gasteiger partial charge in [0.2, 0.25) is 0 Å². The third-order valence-corrected chi connectivity index (χ3v) is 4.22. The summed E-state index contributed by atoms with van der Waals surface area (Å²) >= 11 is 0. The number of rotatable bonds is 2. The number of benzene rings is 1.